The van der Waals surface area contributed by atoms with E-state index < -0.39 is 0 Å². The van der Waals surface area contributed by atoms with Crippen molar-refractivity contribution in [3.8, 4) is 0 Å². The van der Waals surface area contributed by atoms with Gasteiger partial charge in [-0.15, -0.1) is 0 Å². The van der Waals surface area contributed by atoms with Gasteiger partial charge in [-0.05, 0) is 56.1 Å². The topological polar surface area (TPSA) is 81.9 Å². The monoisotopic (exact) mass is 411 g/mol. The van der Waals surface area contributed by atoms with E-state index in [1.54, 1.807) is 12.1 Å². The first-order valence-electron chi connectivity index (χ1n) is 10.9. The molecule has 1 fully saturated rings. The molecule has 0 unspecified atom stereocenters. The lowest BCUT2D eigenvalue weighted by Crippen LogP contribution is -2.41. The number of rotatable bonds is 9. The highest BCUT2D eigenvalue weighted by Crippen LogP contribution is 2.14. The Bertz CT molecular complexity index is 780. The van der Waals surface area contributed by atoms with Crippen molar-refractivity contribution in [1.29, 1.82) is 0 Å². The average molecular weight is 412 g/mol. The lowest BCUT2D eigenvalue weighted by Gasteiger charge is -2.26. The van der Waals surface area contributed by atoms with E-state index in [9.17, 15) is 4.79 Å². The minimum atomic E-state index is -0.214. The van der Waals surface area contributed by atoms with Gasteiger partial charge in [-0.3, -0.25) is 9.69 Å². The number of aliphatic imine (C=N–C) groups is 1. The van der Waals surface area contributed by atoms with Crippen LogP contribution in [0.4, 0.5) is 0 Å². The molecular formula is C23H33N5O2. The van der Waals surface area contributed by atoms with Crippen molar-refractivity contribution in [1.82, 2.24) is 20.9 Å². The largest absolute Gasteiger partial charge is 0.459 e. The van der Waals surface area contributed by atoms with E-state index in [0.29, 0.717) is 25.4 Å². The molecule has 30 heavy (non-hydrogen) atoms. The number of amides is 1. The van der Waals surface area contributed by atoms with Crippen molar-refractivity contribution in [2.45, 2.75) is 39.3 Å². The van der Waals surface area contributed by atoms with Crippen molar-refractivity contribution in [3.63, 3.8) is 0 Å². The second kappa shape index (κ2) is 12.0. The van der Waals surface area contributed by atoms with Gasteiger partial charge in [0.25, 0.3) is 5.91 Å². The van der Waals surface area contributed by atoms with Gasteiger partial charge in [0.05, 0.1) is 12.8 Å². The summed E-state index contributed by atoms with van der Waals surface area (Å²) in [6, 6.07) is 12.1. The number of hydrogen-bond donors (Lipinski definition) is 3. The number of nitrogens with one attached hydrogen (secondary N) is 3. The Kier molecular flexibility index (Phi) is 8.78. The Hall–Kier alpha value is -2.80. The second-order valence-corrected chi connectivity index (χ2v) is 7.51. The Morgan fingerprint density at radius 3 is 2.43 bits per heavy atom. The van der Waals surface area contributed by atoms with E-state index in [4.69, 9.17) is 4.42 Å². The lowest BCUT2D eigenvalue weighted by molar-refractivity contribution is 0.0926. The van der Waals surface area contributed by atoms with Crippen LogP contribution >= 0.6 is 0 Å². The Balaban J connectivity index is 1.42. The fourth-order valence-electron chi connectivity index (χ4n) is 3.49. The molecule has 0 aliphatic carbocycles. The second-order valence-electron chi connectivity index (χ2n) is 7.51. The SMILES string of the molecule is CCNC(=NCc1ccc(CN2CCCCC2)cc1)NCCNC(=O)c1ccco1. The third kappa shape index (κ3) is 7.22. The molecule has 7 heteroatoms. The zero-order valence-corrected chi connectivity index (χ0v) is 17.8. The standard InChI is InChI=1S/C23H33N5O2/c1-2-24-23(26-13-12-25-22(29)21-7-6-16-30-21)27-17-19-8-10-20(11-9-19)18-28-14-4-3-5-15-28/h6-11,16H,2-5,12-15,17-18H2,1H3,(H,25,29)(H2,24,26,27). The maximum atomic E-state index is 11.9. The Morgan fingerprint density at radius 1 is 1.00 bits per heavy atom. The quantitative estimate of drug-likeness (QED) is 0.336. The first kappa shape index (κ1) is 21.9. The number of piperidine rings is 1. The van der Waals surface area contributed by atoms with Crippen molar-refractivity contribution in [3.05, 3.63) is 59.5 Å². The summed E-state index contributed by atoms with van der Waals surface area (Å²) in [7, 11) is 0. The van der Waals surface area contributed by atoms with Gasteiger partial charge in [-0.1, -0.05) is 30.7 Å². The highest BCUT2D eigenvalue weighted by atomic mass is 16.3. The molecule has 3 rings (SSSR count). The predicted octanol–water partition coefficient (Wildman–Crippen LogP) is 2.75. The molecule has 1 saturated heterocycles. The van der Waals surface area contributed by atoms with Gasteiger partial charge in [0.2, 0.25) is 0 Å². The highest BCUT2D eigenvalue weighted by molar-refractivity contribution is 5.91. The first-order chi connectivity index (χ1) is 14.7. The molecule has 1 aliphatic rings. The normalized spacial score (nSPS) is 15.0. The number of likely N-dealkylation sites (tertiary alicyclic amines) is 1. The summed E-state index contributed by atoms with van der Waals surface area (Å²) < 4.78 is 5.08. The van der Waals surface area contributed by atoms with Crippen LogP contribution in [0.5, 0.6) is 0 Å². The van der Waals surface area contributed by atoms with Crippen LogP contribution in [0.2, 0.25) is 0 Å². The molecule has 7 nitrogen and oxygen atoms in total. The van der Waals surface area contributed by atoms with E-state index in [0.717, 1.165) is 19.0 Å². The fraction of sp³-hybridized carbons (Fsp3) is 0.478. The summed E-state index contributed by atoms with van der Waals surface area (Å²) in [5.41, 5.74) is 2.54. The molecule has 1 amide bonds. The molecule has 3 N–H and O–H groups in total. The smallest absolute Gasteiger partial charge is 0.287 e. The van der Waals surface area contributed by atoms with Gasteiger partial charge in [0, 0.05) is 26.2 Å². The fourth-order valence-corrected chi connectivity index (χ4v) is 3.49. The molecule has 2 aromatic rings. The molecule has 0 saturated carbocycles. The molecule has 0 spiro atoms. The lowest BCUT2D eigenvalue weighted by atomic mass is 10.1. The van der Waals surface area contributed by atoms with Crippen molar-refractivity contribution >= 4 is 11.9 Å². The van der Waals surface area contributed by atoms with Crippen LogP contribution in [-0.2, 0) is 13.1 Å². The van der Waals surface area contributed by atoms with Crippen LogP contribution in [0.1, 0.15) is 47.9 Å². The van der Waals surface area contributed by atoms with Gasteiger partial charge in [-0.25, -0.2) is 4.99 Å². The van der Waals surface area contributed by atoms with Gasteiger partial charge < -0.3 is 20.4 Å². The third-order valence-electron chi connectivity index (χ3n) is 5.09. The van der Waals surface area contributed by atoms with Crippen molar-refractivity contribution < 1.29 is 9.21 Å². The Morgan fingerprint density at radius 2 is 1.73 bits per heavy atom. The van der Waals surface area contributed by atoms with Crippen molar-refractivity contribution in [2.24, 2.45) is 4.99 Å². The van der Waals surface area contributed by atoms with Gasteiger partial charge >= 0.3 is 0 Å². The minimum Gasteiger partial charge on any atom is -0.459 e. The van der Waals surface area contributed by atoms with Crippen LogP contribution in [0.25, 0.3) is 0 Å². The van der Waals surface area contributed by atoms with Crippen LogP contribution in [0, 0.1) is 0 Å². The number of carbonyl (C=O) groups is 1. The molecule has 1 aromatic heterocycles. The summed E-state index contributed by atoms with van der Waals surface area (Å²) in [5, 5.41) is 9.29. The summed E-state index contributed by atoms with van der Waals surface area (Å²) in [4.78, 5) is 19.0. The van der Waals surface area contributed by atoms with Crippen LogP contribution < -0.4 is 16.0 Å². The molecule has 162 valence electrons. The molecule has 0 atom stereocenters. The molecule has 1 aliphatic heterocycles. The summed E-state index contributed by atoms with van der Waals surface area (Å²) in [6.45, 7) is 7.94. The minimum absolute atomic E-state index is 0.214. The number of benzene rings is 1. The van der Waals surface area contributed by atoms with Gasteiger partial charge in [0.1, 0.15) is 0 Å². The van der Waals surface area contributed by atoms with Crippen LogP contribution in [0.3, 0.4) is 0 Å². The maximum Gasteiger partial charge on any atom is 0.287 e. The number of nitrogens with zero attached hydrogens (tertiary/aromatic N) is 2. The van der Waals surface area contributed by atoms with E-state index in [1.165, 1.54) is 49.7 Å². The van der Waals surface area contributed by atoms with E-state index in [-0.39, 0.29) is 5.91 Å². The molecule has 0 radical (unpaired) electrons. The molecular weight excluding hydrogens is 378 g/mol. The summed E-state index contributed by atoms with van der Waals surface area (Å²) in [6.07, 6.45) is 5.49. The number of carbonyl (C=O) groups excluding carboxylic acids is 1. The number of hydrogen-bond acceptors (Lipinski definition) is 4. The molecule has 0 bridgehead atoms. The summed E-state index contributed by atoms with van der Waals surface area (Å²) >= 11 is 0. The molecule has 2 heterocycles. The van der Waals surface area contributed by atoms with E-state index in [2.05, 4.69) is 50.1 Å². The third-order valence-corrected chi connectivity index (χ3v) is 5.09. The van der Waals surface area contributed by atoms with Gasteiger partial charge in [0.15, 0.2) is 11.7 Å². The van der Waals surface area contributed by atoms with Crippen LogP contribution in [-0.4, -0.2) is 49.5 Å². The highest BCUT2D eigenvalue weighted by Gasteiger charge is 2.10. The molecule has 1 aromatic carbocycles. The Labute approximate surface area is 178 Å². The number of guanidine groups is 1. The van der Waals surface area contributed by atoms with E-state index >= 15 is 0 Å². The first-order valence-corrected chi connectivity index (χ1v) is 10.9. The maximum absolute atomic E-state index is 11.9. The predicted molar refractivity (Wildman–Crippen MR) is 119 cm³/mol. The summed E-state index contributed by atoms with van der Waals surface area (Å²) in [5.74, 6) is 0.842. The zero-order valence-electron chi connectivity index (χ0n) is 17.8. The number of furan rings is 1. The van der Waals surface area contributed by atoms with Crippen molar-refractivity contribution in [2.75, 3.05) is 32.7 Å². The van der Waals surface area contributed by atoms with Crippen LogP contribution in [0.15, 0.2) is 52.1 Å². The van der Waals surface area contributed by atoms with Gasteiger partial charge in [-0.2, -0.15) is 0 Å². The van der Waals surface area contributed by atoms with E-state index in [1.807, 2.05) is 6.92 Å². The average Bonchev–Trinajstić information content (AvgIpc) is 3.32. The zero-order chi connectivity index (χ0) is 21.0.